The third-order valence-electron chi connectivity index (χ3n) is 4.02. The van der Waals surface area contributed by atoms with Crippen molar-refractivity contribution in [3.05, 3.63) is 35.5 Å². The fraction of sp³-hybridized carbons (Fsp3) is 0.267. The van der Waals surface area contributed by atoms with Gasteiger partial charge in [0.1, 0.15) is 5.84 Å². The molecule has 6 heteroatoms. The predicted molar refractivity (Wildman–Crippen MR) is 87.5 cm³/mol. The topological polar surface area (TPSA) is 86.4 Å². The van der Waals surface area contributed by atoms with E-state index in [1.165, 1.54) is 0 Å². The molecule has 1 heterocycles. The van der Waals surface area contributed by atoms with E-state index >= 15 is 0 Å². The highest BCUT2D eigenvalue weighted by Gasteiger charge is 2.31. The second-order valence-electron chi connectivity index (χ2n) is 5.31. The van der Waals surface area contributed by atoms with E-state index in [9.17, 15) is 4.79 Å². The molecule has 1 atom stereocenters. The number of Topliss-reactive ketones (excluding diaryl/α,β-unsaturated/α-hetero) is 1. The van der Waals surface area contributed by atoms with E-state index in [1.807, 2.05) is 35.9 Å². The zero-order chi connectivity index (χ0) is 15.1. The third-order valence-corrected chi connectivity index (χ3v) is 4.11. The van der Waals surface area contributed by atoms with E-state index in [0.717, 1.165) is 22.2 Å². The number of carbonyl (C=O) groups excluding carboxylic acids is 1. The second-order valence-corrected chi connectivity index (χ2v) is 5.72. The normalized spacial score (nSPS) is 18.8. The van der Waals surface area contributed by atoms with Gasteiger partial charge in [-0.1, -0.05) is 18.2 Å². The molecular formula is C15H16N4OS. The molecule has 3 rings (SSSR count). The van der Waals surface area contributed by atoms with Gasteiger partial charge in [-0.15, -0.1) is 0 Å². The number of amidine groups is 1. The summed E-state index contributed by atoms with van der Waals surface area (Å²) in [4.78, 5) is 16.4. The van der Waals surface area contributed by atoms with Gasteiger partial charge in [0, 0.05) is 30.3 Å². The van der Waals surface area contributed by atoms with Crippen LogP contribution in [-0.4, -0.2) is 21.3 Å². The molecule has 1 aromatic carbocycles. The van der Waals surface area contributed by atoms with Crippen LogP contribution in [-0.2, 0) is 13.5 Å². The largest absolute Gasteiger partial charge is 0.387 e. The van der Waals surface area contributed by atoms with Crippen molar-refractivity contribution in [2.75, 3.05) is 0 Å². The number of hydrogen-bond acceptors (Lipinski definition) is 2. The first-order chi connectivity index (χ1) is 9.99. The quantitative estimate of drug-likeness (QED) is 0.475. The summed E-state index contributed by atoms with van der Waals surface area (Å²) in [6.07, 6.45) is 1.02. The Balaban J connectivity index is 2.12. The molecule has 0 saturated heterocycles. The zero-order valence-corrected chi connectivity index (χ0v) is 12.5. The number of aromatic nitrogens is 1. The Hall–Kier alpha value is -2.21. The van der Waals surface area contributed by atoms with Crippen LogP contribution < -0.4 is 11.5 Å². The van der Waals surface area contributed by atoms with Gasteiger partial charge < -0.3 is 16.0 Å². The highest BCUT2D eigenvalue weighted by atomic mass is 32.1. The number of nitrogens with two attached hydrogens (primary N) is 2. The molecule has 1 aliphatic carbocycles. The van der Waals surface area contributed by atoms with Crippen molar-refractivity contribution < 1.29 is 4.79 Å². The van der Waals surface area contributed by atoms with Crippen LogP contribution in [0.25, 0.3) is 10.9 Å². The summed E-state index contributed by atoms with van der Waals surface area (Å²) in [6.45, 7) is 0. The van der Waals surface area contributed by atoms with E-state index in [-0.39, 0.29) is 16.8 Å². The van der Waals surface area contributed by atoms with Crippen LogP contribution in [0.1, 0.15) is 22.5 Å². The molecule has 5 nitrogen and oxygen atoms in total. The molecule has 0 saturated carbocycles. The minimum absolute atomic E-state index is 0.00339. The van der Waals surface area contributed by atoms with Crippen LogP contribution in [0.3, 0.4) is 0 Å². The summed E-state index contributed by atoms with van der Waals surface area (Å²) in [6, 6.07) is 7.99. The number of benzene rings is 1. The molecule has 21 heavy (non-hydrogen) atoms. The van der Waals surface area contributed by atoms with Crippen molar-refractivity contribution in [3.63, 3.8) is 0 Å². The van der Waals surface area contributed by atoms with Gasteiger partial charge in [0.15, 0.2) is 10.9 Å². The standard InChI is InChI=1S/C15H16N4OS/c1-19-11-5-3-2-4-9(11)10-6-8(7-12(20)13(10)19)14(16)18-15(17)21/h2-5,8H,6-7H2,1H3,(H4,16,17,18,21)/t8-/m0/s1. The minimum Gasteiger partial charge on any atom is -0.387 e. The molecule has 0 unspecified atom stereocenters. The second kappa shape index (κ2) is 4.96. The molecule has 0 bridgehead atoms. The lowest BCUT2D eigenvalue weighted by Gasteiger charge is -2.21. The molecule has 0 spiro atoms. The summed E-state index contributed by atoms with van der Waals surface area (Å²) >= 11 is 4.75. The fourth-order valence-electron chi connectivity index (χ4n) is 3.10. The summed E-state index contributed by atoms with van der Waals surface area (Å²) in [5, 5.41) is 1.10. The van der Waals surface area contributed by atoms with Crippen LogP contribution in [0.5, 0.6) is 0 Å². The van der Waals surface area contributed by atoms with Crippen molar-refractivity contribution in [2.24, 2.45) is 29.4 Å². The van der Waals surface area contributed by atoms with E-state index in [0.29, 0.717) is 18.7 Å². The van der Waals surface area contributed by atoms with E-state index in [2.05, 4.69) is 4.99 Å². The molecule has 4 N–H and O–H groups in total. The molecule has 0 aliphatic heterocycles. The molecule has 0 amide bonds. The molecular weight excluding hydrogens is 284 g/mol. The van der Waals surface area contributed by atoms with Gasteiger partial charge in [-0.2, -0.15) is 0 Å². The summed E-state index contributed by atoms with van der Waals surface area (Å²) in [5.74, 6) is 0.285. The maximum absolute atomic E-state index is 12.5. The number of ketones is 1. The fourth-order valence-corrected chi connectivity index (χ4v) is 3.21. The molecule has 108 valence electrons. The molecule has 1 aromatic heterocycles. The number of fused-ring (bicyclic) bond motifs is 3. The summed E-state index contributed by atoms with van der Waals surface area (Å²) in [5.41, 5.74) is 14.2. The number of thiocarbonyl (C=S) groups is 1. The van der Waals surface area contributed by atoms with E-state index < -0.39 is 0 Å². The lowest BCUT2D eigenvalue weighted by Crippen LogP contribution is -2.33. The number of carbonyl (C=O) groups is 1. The lowest BCUT2D eigenvalue weighted by molar-refractivity contribution is 0.0954. The van der Waals surface area contributed by atoms with E-state index in [1.54, 1.807) is 0 Å². The maximum Gasteiger partial charge on any atom is 0.191 e. The van der Waals surface area contributed by atoms with E-state index in [4.69, 9.17) is 23.7 Å². The Kier molecular flexibility index (Phi) is 3.25. The minimum atomic E-state index is -0.141. The average Bonchev–Trinajstić information content (AvgIpc) is 2.72. The Morgan fingerprint density at radius 2 is 2.05 bits per heavy atom. The number of hydrogen-bond donors (Lipinski definition) is 2. The van der Waals surface area contributed by atoms with Crippen molar-refractivity contribution in [2.45, 2.75) is 12.8 Å². The molecule has 1 aliphatic rings. The number of aliphatic imine (C=N–C) groups is 1. The van der Waals surface area contributed by atoms with Crippen molar-refractivity contribution >= 4 is 39.9 Å². The van der Waals surface area contributed by atoms with Crippen molar-refractivity contribution in [1.82, 2.24) is 4.57 Å². The Morgan fingerprint density at radius 1 is 1.33 bits per heavy atom. The summed E-state index contributed by atoms with van der Waals surface area (Å²) in [7, 11) is 1.92. The number of aryl methyl sites for hydroxylation is 1. The zero-order valence-electron chi connectivity index (χ0n) is 11.7. The number of para-hydroxylation sites is 1. The van der Waals surface area contributed by atoms with Crippen LogP contribution >= 0.6 is 12.2 Å². The van der Waals surface area contributed by atoms with Gasteiger partial charge in [-0.25, -0.2) is 4.99 Å². The van der Waals surface area contributed by atoms with Gasteiger partial charge in [0.2, 0.25) is 0 Å². The van der Waals surface area contributed by atoms with Crippen LogP contribution in [0, 0.1) is 5.92 Å². The van der Waals surface area contributed by atoms with Gasteiger partial charge in [0.05, 0.1) is 5.69 Å². The molecule has 0 fully saturated rings. The van der Waals surface area contributed by atoms with Gasteiger partial charge in [-0.05, 0) is 30.3 Å². The molecule has 2 aromatic rings. The number of nitrogens with zero attached hydrogens (tertiary/aromatic N) is 2. The lowest BCUT2D eigenvalue weighted by atomic mass is 9.85. The third kappa shape index (κ3) is 2.21. The Labute approximate surface area is 127 Å². The predicted octanol–water partition coefficient (Wildman–Crippen LogP) is 1.52. The van der Waals surface area contributed by atoms with Crippen molar-refractivity contribution in [3.8, 4) is 0 Å². The van der Waals surface area contributed by atoms with Gasteiger partial charge >= 0.3 is 0 Å². The monoisotopic (exact) mass is 300 g/mol. The first-order valence-electron chi connectivity index (χ1n) is 6.72. The van der Waals surface area contributed by atoms with Crippen LogP contribution in [0.2, 0.25) is 0 Å². The van der Waals surface area contributed by atoms with Gasteiger partial charge in [-0.3, -0.25) is 4.79 Å². The maximum atomic E-state index is 12.5. The summed E-state index contributed by atoms with van der Waals surface area (Å²) < 4.78 is 1.96. The SMILES string of the molecule is Cn1c2c(c3ccccc31)C[C@H](C(N)=NC(N)=S)CC2=O. The Morgan fingerprint density at radius 3 is 2.76 bits per heavy atom. The highest BCUT2D eigenvalue weighted by molar-refractivity contribution is 7.80. The first kappa shape index (κ1) is 13.8. The molecule has 0 radical (unpaired) electrons. The van der Waals surface area contributed by atoms with Crippen LogP contribution in [0.4, 0.5) is 0 Å². The van der Waals surface area contributed by atoms with Crippen LogP contribution in [0.15, 0.2) is 29.3 Å². The van der Waals surface area contributed by atoms with Crippen molar-refractivity contribution in [1.29, 1.82) is 0 Å². The Bertz CT molecular complexity index is 790. The first-order valence-corrected chi connectivity index (χ1v) is 7.13. The smallest absolute Gasteiger partial charge is 0.191 e. The number of rotatable bonds is 1. The average molecular weight is 300 g/mol. The highest BCUT2D eigenvalue weighted by Crippen LogP contribution is 2.33. The van der Waals surface area contributed by atoms with Gasteiger partial charge in [0.25, 0.3) is 0 Å².